The molecule has 0 saturated carbocycles. The van der Waals surface area contributed by atoms with E-state index in [4.69, 9.17) is 0 Å². The zero-order valence-electron chi connectivity index (χ0n) is 16.1. The van der Waals surface area contributed by atoms with Crippen molar-refractivity contribution in [2.75, 3.05) is 6.54 Å². The molecule has 2 aromatic rings. The number of carbonyl (C=O) groups excluding carboxylic acids is 2. The Bertz CT molecular complexity index is 740. The molecular formula is C22H28N2O3. The first kappa shape index (κ1) is 20.6. The van der Waals surface area contributed by atoms with Crippen LogP contribution in [0.1, 0.15) is 37.6 Å². The van der Waals surface area contributed by atoms with Crippen molar-refractivity contribution >= 4 is 11.8 Å². The predicted molar refractivity (Wildman–Crippen MR) is 107 cm³/mol. The van der Waals surface area contributed by atoms with Crippen LogP contribution in [0.4, 0.5) is 0 Å². The van der Waals surface area contributed by atoms with Gasteiger partial charge in [0.15, 0.2) is 0 Å². The summed E-state index contributed by atoms with van der Waals surface area (Å²) in [6, 6.07) is 16.0. The summed E-state index contributed by atoms with van der Waals surface area (Å²) in [6.45, 7) is 6.14. The van der Waals surface area contributed by atoms with Gasteiger partial charge in [-0.1, -0.05) is 56.3 Å². The van der Waals surface area contributed by atoms with Gasteiger partial charge in [0.25, 0.3) is 5.91 Å². The van der Waals surface area contributed by atoms with Gasteiger partial charge in [-0.25, -0.2) is 0 Å². The lowest BCUT2D eigenvalue weighted by atomic mass is 10.0. The summed E-state index contributed by atoms with van der Waals surface area (Å²) in [5.74, 6) is -0.299. The minimum absolute atomic E-state index is 0.375. The van der Waals surface area contributed by atoms with Gasteiger partial charge in [-0.15, -0.1) is 0 Å². The van der Waals surface area contributed by atoms with E-state index >= 15 is 0 Å². The third-order valence-corrected chi connectivity index (χ3v) is 4.33. The average molecular weight is 368 g/mol. The maximum atomic E-state index is 12.5. The average Bonchev–Trinajstić information content (AvgIpc) is 2.66. The number of nitrogens with one attached hydrogen (secondary N) is 2. The van der Waals surface area contributed by atoms with Crippen LogP contribution in [0.2, 0.25) is 0 Å². The van der Waals surface area contributed by atoms with E-state index < -0.39 is 12.1 Å². The second-order valence-corrected chi connectivity index (χ2v) is 7.11. The Morgan fingerprint density at radius 3 is 2.07 bits per heavy atom. The number of aliphatic hydroxyl groups is 1. The number of aliphatic hydroxyl groups excluding tert-OH is 1. The van der Waals surface area contributed by atoms with Crippen molar-refractivity contribution in [1.82, 2.24) is 10.6 Å². The Labute approximate surface area is 160 Å². The fourth-order valence-corrected chi connectivity index (χ4v) is 2.67. The number of hydrogen-bond donors (Lipinski definition) is 3. The van der Waals surface area contributed by atoms with Crippen molar-refractivity contribution in [1.29, 1.82) is 0 Å². The molecule has 0 heterocycles. The van der Waals surface area contributed by atoms with E-state index in [-0.39, 0.29) is 11.8 Å². The summed E-state index contributed by atoms with van der Waals surface area (Å²) in [4.78, 5) is 24.8. The van der Waals surface area contributed by atoms with E-state index in [0.717, 1.165) is 17.5 Å². The highest BCUT2D eigenvalue weighted by atomic mass is 16.3. The normalized spacial score (nSPS) is 13.1. The van der Waals surface area contributed by atoms with E-state index in [0.29, 0.717) is 18.0 Å². The first-order chi connectivity index (χ1) is 12.9. The van der Waals surface area contributed by atoms with Crippen LogP contribution in [0.3, 0.4) is 0 Å². The van der Waals surface area contributed by atoms with Gasteiger partial charge in [0.1, 0.15) is 6.04 Å². The summed E-state index contributed by atoms with van der Waals surface area (Å²) in [7, 11) is 0. The van der Waals surface area contributed by atoms with Crippen molar-refractivity contribution in [3.05, 3.63) is 60.2 Å². The second-order valence-electron chi connectivity index (χ2n) is 7.11. The molecule has 2 atom stereocenters. The van der Waals surface area contributed by atoms with Crippen LogP contribution in [0.25, 0.3) is 11.1 Å². The molecule has 0 aromatic heterocycles. The van der Waals surface area contributed by atoms with Crippen LogP contribution in [0.15, 0.2) is 54.6 Å². The zero-order chi connectivity index (χ0) is 19.8. The first-order valence-electron chi connectivity index (χ1n) is 9.30. The van der Waals surface area contributed by atoms with Gasteiger partial charge in [0.2, 0.25) is 5.91 Å². The van der Waals surface area contributed by atoms with E-state index in [1.807, 2.05) is 42.5 Å². The van der Waals surface area contributed by atoms with Crippen molar-refractivity contribution in [3.63, 3.8) is 0 Å². The molecule has 0 unspecified atom stereocenters. The minimum atomic E-state index is -0.989. The Morgan fingerprint density at radius 2 is 1.52 bits per heavy atom. The second kappa shape index (κ2) is 9.88. The van der Waals surface area contributed by atoms with Gasteiger partial charge < -0.3 is 15.7 Å². The van der Waals surface area contributed by atoms with Gasteiger partial charge in [-0.2, -0.15) is 0 Å². The quantitative estimate of drug-likeness (QED) is 0.670. The van der Waals surface area contributed by atoms with Crippen molar-refractivity contribution < 1.29 is 14.7 Å². The van der Waals surface area contributed by atoms with Gasteiger partial charge in [0.05, 0.1) is 6.10 Å². The number of amides is 2. The lowest BCUT2D eigenvalue weighted by molar-refractivity contribution is -0.125. The maximum absolute atomic E-state index is 12.5. The molecule has 144 valence electrons. The van der Waals surface area contributed by atoms with E-state index in [1.54, 1.807) is 12.1 Å². The zero-order valence-corrected chi connectivity index (χ0v) is 16.1. The molecule has 0 radical (unpaired) electrons. The van der Waals surface area contributed by atoms with Gasteiger partial charge in [-0.3, -0.25) is 9.59 Å². The molecule has 0 spiro atoms. The Kier molecular flexibility index (Phi) is 7.55. The van der Waals surface area contributed by atoms with E-state index in [2.05, 4.69) is 24.5 Å². The molecular weight excluding hydrogens is 340 g/mol. The standard InChI is InChI=1S/C22H28N2O3/c1-15(2)13-14-23-22(27)20(16(3)25)24-21(26)19-11-9-18(10-12-19)17-7-5-4-6-8-17/h4-12,15-16,20,25H,13-14H2,1-3H3,(H,23,27)(H,24,26)/t16-,20+/m1/s1. The fraction of sp³-hybridized carbons (Fsp3) is 0.364. The first-order valence-corrected chi connectivity index (χ1v) is 9.30. The lowest BCUT2D eigenvalue weighted by Crippen LogP contribution is -2.52. The van der Waals surface area contributed by atoms with E-state index in [9.17, 15) is 14.7 Å². The maximum Gasteiger partial charge on any atom is 0.252 e. The van der Waals surface area contributed by atoms with E-state index in [1.165, 1.54) is 6.92 Å². The molecule has 2 aromatic carbocycles. The Balaban J connectivity index is 2.01. The summed E-state index contributed by atoms with van der Waals surface area (Å²) >= 11 is 0. The van der Waals surface area contributed by atoms with Crippen LogP contribution in [0.5, 0.6) is 0 Å². The molecule has 0 aliphatic carbocycles. The summed E-state index contributed by atoms with van der Waals surface area (Å²) in [5, 5.41) is 15.3. The number of carbonyl (C=O) groups is 2. The van der Waals surface area contributed by atoms with Crippen LogP contribution in [-0.2, 0) is 4.79 Å². The van der Waals surface area contributed by atoms with Crippen molar-refractivity contribution in [3.8, 4) is 11.1 Å². The Morgan fingerprint density at radius 1 is 0.926 bits per heavy atom. The molecule has 0 fully saturated rings. The van der Waals surface area contributed by atoms with Crippen LogP contribution in [-0.4, -0.2) is 35.6 Å². The highest BCUT2D eigenvalue weighted by Gasteiger charge is 2.25. The van der Waals surface area contributed by atoms with Gasteiger partial charge >= 0.3 is 0 Å². The van der Waals surface area contributed by atoms with Crippen LogP contribution >= 0.6 is 0 Å². The molecule has 0 aliphatic rings. The van der Waals surface area contributed by atoms with Crippen molar-refractivity contribution in [2.24, 2.45) is 5.92 Å². The molecule has 5 heteroatoms. The fourth-order valence-electron chi connectivity index (χ4n) is 2.67. The highest BCUT2D eigenvalue weighted by molar-refractivity contribution is 5.98. The third kappa shape index (κ3) is 6.22. The van der Waals surface area contributed by atoms with Crippen molar-refractivity contribution in [2.45, 2.75) is 39.3 Å². The molecule has 0 aliphatic heterocycles. The van der Waals surface area contributed by atoms with Gasteiger partial charge in [0, 0.05) is 12.1 Å². The van der Waals surface area contributed by atoms with Gasteiger partial charge in [-0.05, 0) is 42.5 Å². The molecule has 3 N–H and O–H groups in total. The minimum Gasteiger partial charge on any atom is -0.391 e. The molecule has 2 amide bonds. The topological polar surface area (TPSA) is 78.4 Å². The number of rotatable bonds is 8. The molecule has 2 rings (SSSR count). The molecule has 0 saturated heterocycles. The smallest absolute Gasteiger partial charge is 0.252 e. The number of benzene rings is 2. The molecule has 5 nitrogen and oxygen atoms in total. The highest BCUT2D eigenvalue weighted by Crippen LogP contribution is 2.19. The predicted octanol–water partition coefficient (Wildman–Crippen LogP) is 3.00. The number of hydrogen-bond acceptors (Lipinski definition) is 3. The summed E-state index contributed by atoms with van der Waals surface area (Å²) in [5.41, 5.74) is 2.51. The lowest BCUT2D eigenvalue weighted by Gasteiger charge is -2.21. The summed E-state index contributed by atoms with van der Waals surface area (Å²) in [6.07, 6.45) is -0.149. The van der Waals surface area contributed by atoms with Crippen LogP contribution in [0, 0.1) is 5.92 Å². The third-order valence-electron chi connectivity index (χ3n) is 4.33. The summed E-state index contributed by atoms with van der Waals surface area (Å²) < 4.78 is 0. The largest absolute Gasteiger partial charge is 0.391 e. The SMILES string of the molecule is CC(C)CCNC(=O)[C@@H](NC(=O)c1ccc(-c2ccccc2)cc1)[C@@H](C)O. The molecule has 0 bridgehead atoms. The molecule has 27 heavy (non-hydrogen) atoms. The van der Waals surface area contributed by atoms with Crippen LogP contribution < -0.4 is 10.6 Å². The Hall–Kier alpha value is -2.66. The monoisotopic (exact) mass is 368 g/mol.